The van der Waals surface area contributed by atoms with E-state index in [4.69, 9.17) is 11.6 Å². The Hall–Kier alpha value is -0.0400. The molecule has 60 valence electrons. The van der Waals surface area contributed by atoms with E-state index in [1.807, 2.05) is 6.92 Å². The van der Waals surface area contributed by atoms with E-state index >= 15 is 0 Å². The standard InChI is InChI=1S/C8H14ClF/c1-4-8(3,10)7(2)5-6-9/h4,7H,1,5-6H2,2-3H3/t7-,8?/m1/s1. The van der Waals surface area contributed by atoms with E-state index in [1.165, 1.54) is 13.0 Å². The van der Waals surface area contributed by atoms with Crippen molar-refractivity contribution in [3.63, 3.8) is 0 Å². The molecule has 1 unspecified atom stereocenters. The zero-order chi connectivity index (χ0) is 8.20. The first-order valence-corrected chi connectivity index (χ1v) is 3.96. The molecular formula is C8H14ClF. The molecule has 0 nitrogen and oxygen atoms in total. The van der Waals surface area contributed by atoms with Crippen molar-refractivity contribution >= 4 is 11.6 Å². The average molecular weight is 165 g/mol. The van der Waals surface area contributed by atoms with Crippen molar-refractivity contribution in [1.82, 2.24) is 0 Å². The summed E-state index contributed by atoms with van der Waals surface area (Å²) < 4.78 is 13.2. The maximum atomic E-state index is 13.2. The quantitative estimate of drug-likeness (QED) is 0.442. The fourth-order valence-electron chi connectivity index (χ4n) is 0.647. The highest BCUT2D eigenvalue weighted by atomic mass is 35.5. The van der Waals surface area contributed by atoms with Gasteiger partial charge in [-0.1, -0.05) is 19.6 Å². The van der Waals surface area contributed by atoms with Crippen LogP contribution in [-0.4, -0.2) is 11.5 Å². The highest BCUT2D eigenvalue weighted by Crippen LogP contribution is 2.25. The minimum Gasteiger partial charge on any atom is -0.239 e. The van der Waals surface area contributed by atoms with Crippen LogP contribution in [-0.2, 0) is 0 Å². The largest absolute Gasteiger partial charge is 0.239 e. The monoisotopic (exact) mass is 164 g/mol. The van der Waals surface area contributed by atoms with Crippen molar-refractivity contribution in [3.8, 4) is 0 Å². The molecule has 2 atom stereocenters. The Morgan fingerprint density at radius 3 is 2.60 bits per heavy atom. The van der Waals surface area contributed by atoms with Gasteiger partial charge in [-0.25, -0.2) is 4.39 Å². The molecule has 0 amide bonds. The van der Waals surface area contributed by atoms with Crippen LogP contribution in [0.1, 0.15) is 20.3 Å². The normalized spacial score (nSPS) is 19.6. The molecular weight excluding hydrogens is 151 g/mol. The predicted octanol–water partition coefficient (Wildman–Crippen LogP) is 3.17. The van der Waals surface area contributed by atoms with Gasteiger partial charge in [-0.2, -0.15) is 0 Å². The molecule has 0 aromatic rings. The molecule has 0 radical (unpaired) electrons. The highest BCUT2D eigenvalue weighted by Gasteiger charge is 2.25. The van der Waals surface area contributed by atoms with Gasteiger partial charge in [0.2, 0.25) is 0 Å². The van der Waals surface area contributed by atoms with Crippen LogP contribution in [0.5, 0.6) is 0 Å². The van der Waals surface area contributed by atoms with Crippen LogP contribution < -0.4 is 0 Å². The fourth-order valence-corrected chi connectivity index (χ4v) is 0.974. The molecule has 0 aliphatic rings. The first kappa shape index (κ1) is 9.96. The number of allylic oxidation sites excluding steroid dienone is 1. The van der Waals surface area contributed by atoms with E-state index in [1.54, 1.807) is 0 Å². The SMILES string of the molecule is C=CC(C)(F)[C@H](C)CCCl. The maximum absolute atomic E-state index is 13.2. The first-order chi connectivity index (χ1) is 4.54. The minimum atomic E-state index is -1.27. The van der Waals surface area contributed by atoms with Crippen molar-refractivity contribution < 1.29 is 4.39 Å². The molecule has 0 spiro atoms. The molecule has 0 N–H and O–H groups in total. The minimum absolute atomic E-state index is 0.0394. The third-order valence-electron chi connectivity index (χ3n) is 1.90. The second-order valence-corrected chi connectivity index (χ2v) is 3.11. The van der Waals surface area contributed by atoms with Crippen LogP contribution in [0, 0.1) is 5.92 Å². The van der Waals surface area contributed by atoms with Crippen LogP contribution in [0.4, 0.5) is 4.39 Å². The van der Waals surface area contributed by atoms with Crippen molar-refractivity contribution in [2.75, 3.05) is 5.88 Å². The molecule has 0 fully saturated rings. The third kappa shape index (κ3) is 2.70. The average Bonchev–Trinajstić information content (AvgIpc) is 1.89. The van der Waals surface area contributed by atoms with Crippen molar-refractivity contribution in [1.29, 1.82) is 0 Å². The summed E-state index contributed by atoms with van der Waals surface area (Å²) in [7, 11) is 0. The lowest BCUT2D eigenvalue weighted by atomic mass is 9.91. The number of alkyl halides is 2. The van der Waals surface area contributed by atoms with E-state index in [-0.39, 0.29) is 5.92 Å². The van der Waals surface area contributed by atoms with Crippen LogP contribution >= 0.6 is 11.6 Å². The van der Waals surface area contributed by atoms with Gasteiger partial charge < -0.3 is 0 Å². The maximum Gasteiger partial charge on any atom is 0.128 e. The summed E-state index contributed by atoms with van der Waals surface area (Å²) in [5.41, 5.74) is -1.27. The van der Waals surface area contributed by atoms with Crippen molar-refractivity contribution in [3.05, 3.63) is 12.7 Å². The Bertz CT molecular complexity index is 110. The predicted molar refractivity (Wildman–Crippen MR) is 44.2 cm³/mol. The summed E-state index contributed by atoms with van der Waals surface area (Å²) in [6.45, 7) is 6.78. The lowest BCUT2D eigenvalue weighted by molar-refractivity contribution is 0.169. The van der Waals surface area contributed by atoms with E-state index < -0.39 is 5.67 Å². The van der Waals surface area contributed by atoms with Gasteiger partial charge in [0.1, 0.15) is 5.67 Å². The molecule has 0 aliphatic carbocycles. The summed E-state index contributed by atoms with van der Waals surface area (Å²) in [5, 5.41) is 0. The molecule has 2 heteroatoms. The first-order valence-electron chi connectivity index (χ1n) is 3.43. The van der Waals surface area contributed by atoms with E-state index in [0.717, 1.165) is 0 Å². The molecule has 0 rings (SSSR count). The van der Waals surface area contributed by atoms with Crippen LogP contribution in [0.15, 0.2) is 12.7 Å². The van der Waals surface area contributed by atoms with Gasteiger partial charge in [-0.3, -0.25) is 0 Å². The van der Waals surface area contributed by atoms with E-state index in [2.05, 4.69) is 6.58 Å². The van der Waals surface area contributed by atoms with Gasteiger partial charge in [-0.05, 0) is 19.3 Å². The highest BCUT2D eigenvalue weighted by molar-refractivity contribution is 6.17. The van der Waals surface area contributed by atoms with Crippen molar-refractivity contribution in [2.24, 2.45) is 5.92 Å². The van der Waals surface area contributed by atoms with Crippen LogP contribution in [0.2, 0.25) is 0 Å². The van der Waals surface area contributed by atoms with Gasteiger partial charge in [0.05, 0.1) is 0 Å². The van der Waals surface area contributed by atoms with Gasteiger partial charge in [0, 0.05) is 5.88 Å². The molecule has 0 bridgehead atoms. The number of rotatable bonds is 4. The zero-order valence-electron chi connectivity index (χ0n) is 6.53. The number of hydrogen-bond donors (Lipinski definition) is 0. The van der Waals surface area contributed by atoms with Crippen LogP contribution in [0.3, 0.4) is 0 Å². The molecule has 0 aliphatic heterocycles. The van der Waals surface area contributed by atoms with Gasteiger partial charge in [0.15, 0.2) is 0 Å². The van der Waals surface area contributed by atoms with Gasteiger partial charge in [0.25, 0.3) is 0 Å². The Morgan fingerprint density at radius 2 is 2.30 bits per heavy atom. The third-order valence-corrected chi connectivity index (χ3v) is 2.12. The molecule has 10 heavy (non-hydrogen) atoms. The molecule has 0 aromatic heterocycles. The molecule has 0 aromatic carbocycles. The Labute approximate surface area is 67.1 Å². The van der Waals surface area contributed by atoms with E-state index in [9.17, 15) is 4.39 Å². The van der Waals surface area contributed by atoms with Gasteiger partial charge in [-0.15, -0.1) is 11.6 Å². The van der Waals surface area contributed by atoms with E-state index in [0.29, 0.717) is 12.3 Å². The van der Waals surface area contributed by atoms with Gasteiger partial charge >= 0.3 is 0 Å². The van der Waals surface area contributed by atoms with Crippen LogP contribution in [0.25, 0.3) is 0 Å². The summed E-state index contributed by atoms with van der Waals surface area (Å²) in [6, 6.07) is 0. The lowest BCUT2D eigenvalue weighted by Crippen LogP contribution is -2.24. The Kier molecular flexibility index (Phi) is 3.95. The smallest absolute Gasteiger partial charge is 0.128 e. The molecule has 0 heterocycles. The second kappa shape index (κ2) is 3.97. The topological polar surface area (TPSA) is 0 Å². The Balaban J connectivity index is 3.90. The van der Waals surface area contributed by atoms with Crippen molar-refractivity contribution in [2.45, 2.75) is 25.9 Å². The summed E-state index contributed by atoms with van der Waals surface area (Å²) in [5.74, 6) is 0.469. The lowest BCUT2D eigenvalue weighted by Gasteiger charge is -2.22. The summed E-state index contributed by atoms with van der Waals surface area (Å²) >= 11 is 5.46. The summed E-state index contributed by atoms with van der Waals surface area (Å²) in [6.07, 6.45) is 2.03. The second-order valence-electron chi connectivity index (χ2n) is 2.73. The summed E-state index contributed by atoms with van der Waals surface area (Å²) in [4.78, 5) is 0. The fraction of sp³-hybridized carbons (Fsp3) is 0.750. The zero-order valence-corrected chi connectivity index (χ0v) is 7.29. The number of hydrogen-bond acceptors (Lipinski definition) is 0. The Morgan fingerprint density at radius 1 is 1.80 bits per heavy atom. The molecule has 0 saturated heterocycles. The number of halogens is 2. The molecule has 0 saturated carbocycles.